The van der Waals surface area contributed by atoms with Gasteiger partial charge in [0.1, 0.15) is 11.5 Å². The Morgan fingerprint density at radius 3 is 2.67 bits per heavy atom. The number of ether oxygens (including phenoxy) is 1. The zero-order valence-corrected chi connectivity index (χ0v) is 10.8. The molecule has 0 spiro atoms. The van der Waals surface area contributed by atoms with Crippen LogP contribution in [0.4, 0.5) is 5.69 Å². The normalized spacial score (nSPS) is 10.8. The maximum Gasteiger partial charge on any atom is 0.128 e. The van der Waals surface area contributed by atoms with E-state index < -0.39 is 0 Å². The number of aliphatic imine (C=N–C) groups is 1. The molecule has 4 heteroatoms. The first-order chi connectivity index (χ1) is 8.70. The molecule has 0 aliphatic rings. The zero-order chi connectivity index (χ0) is 13.0. The highest BCUT2D eigenvalue weighted by Crippen LogP contribution is 2.25. The van der Waals surface area contributed by atoms with Gasteiger partial charge in [-0.25, -0.2) is 0 Å². The number of thiol groups is 1. The van der Waals surface area contributed by atoms with Crippen LogP contribution >= 0.6 is 12.6 Å². The van der Waals surface area contributed by atoms with Crippen LogP contribution in [0, 0.1) is 0 Å². The van der Waals surface area contributed by atoms with Gasteiger partial charge in [0.25, 0.3) is 0 Å². The molecular weight excluding hydrogens is 246 g/mol. The number of methoxy groups -OCH3 is 1. The van der Waals surface area contributed by atoms with Crippen molar-refractivity contribution in [3.63, 3.8) is 0 Å². The van der Waals surface area contributed by atoms with Crippen molar-refractivity contribution in [2.45, 2.75) is 4.90 Å². The van der Waals surface area contributed by atoms with Crippen LogP contribution in [-0.2, 0) is 0 Å². The number of phenolic OH excluding ortho intramolecular Hbond substituents is 1. The number of hydrogen-bond acceptors (Lipinski definition) is 4. The van der Waals surface area contributed by atoms with E-state index in [9.17, 15) is 5.11 Å². The van der Waals surface area contributed by atoms with E-state index in [1.807, 2.05) is 24.3 Å². The summed E-state index contributed by atoms with van der Waals surface area (Å²) in [4.78, 5) is 5.08. The SMILES string of the molecule is COc1ccc(C=Nc2ccccc2S)c(O)c1. The molecule has 0 aromatic heterocycles. The van der Waals surface area contributed by atoms with Crippen LogP contribution in [0.1, 0.15) is 5.56 Å². The Kier molecular flexibility index (Phi) is 3.89. The van der Waals surface area contributed by atoms with Crippen molar-refractivity contribution >= 4 is 24.5 Å². The lowest BCUT2D eigenvalue weighted by Gasteiger charge is -2.03. The summed E-state index contributed by atoms with van der Waals surface area (Å²) in [6, 6.07) is 12.6. The fraction of sp³-hybridized carbons (Fsp3) is 0.0714. The van der Waals surface area contributed by atoms with Crippen molar-refractivity contribution in [2.75, 3.05) is 7.11 Å². The number of nitrogens with zero attached hydrogens (tertiary/aromatic N) is 1. The van der Waals surface area contributed by atoms with Crippen molar-refractivity contribution in [2.24, 2.45) is 4.99 Å². The summed E-state index contributed by atoms with van der Waals surface area (Å²) < 4.78 is 5.02. The fourth-order valence-electron chi connectivity index (χ4n) is 1.47. The smallest absolute Gasteiger partial charge is 0.128 e. The molecule has 0 aliphatic carbocycles. The molecule has 0 amide bonds. The summed E-state index contributed by atoms with van der Waals surface area (Å²) in [5.41, 5.74) is 1.39. The summed E-state index contributed by atoms with van der Waals surface area (Å²) >= 11 is 4.31. The van der Waals surface area contributed by atoms with E-state index in [1.165, 1.54) is 0 Å². The largest absolute Gasteiger partial charge is 0.507 e. The summed E-state index contributed by atoms with van der Waals surface area (Å²) in [5, 5.41) is 9.78. The van der Waals surface area contributed by atoms with Crippen LogP contribution in [0.3, 0.4) is 0 Å². The van der Waals surface area contributed by atoms with Crippen molar-refractivity contribution in [1.29, 1.82) is 0 Å². The van der Waals surface area contributed by atoms with Crippen molar-refractivity contribution < 1.29 is 9.84 Å². The van der Waals surface area contributed by atoms with Crippen molar-refractivity contribution in [3.8, 4) is 11.5 Å². The molecule has 0 saturated carbocycles. The molecule has 0 fully saturated rings. The molecule has 0 saturated heterocycles. The molecule has 0 unspecified atom stereocenters. The number of para-hydroxylation sites is 1. The van der Waals surface area contributed by atoms with Gasteiger partial charge in [0.15, 0.2) is 0 Å². The monoisotopic (exact) mass is 259 g/mol. The van der Waals surface area contributed by atoms with E-state index in [0.29, 0.717) is 11.3 Å². The fourth-order valence-corrected chi connectivity index (χ4v) is 1.69. The van der Waals surface area contributed by atoms with Crippen LogP contribution in [0.2, 0.25) is 0 Å². The maximum atomic E-state index is 9.78. The van der Waals surface area contributed by atoms with Gasteiger partial charge in [-0.3, -0.25) is 4.99 Å². The third-order valence-electron chi connectivity index (χ3n) is 2.46. The Bertz CT molecular complexity index is 582. The number of hydrogen-bond donors (Lipinski definition) is 2. The summed E-state index contributed by atoms with van der Waals surface area (Å²) in [6.45, 7) is 0. The lowest BCUT2D eigenvalue weighted by molar-refractivity contribution is 0.407. The third kappa shape index (κ3) is 2.84. The average Bonchev–Trinajstić information content (AvgIpc) is 2.39. The minimum absolute atomic E-state index is 0.134. The van der Waals surface area contributed by atoms with Gasteiger partial charge < -0.3 is 9.84 Å². The highest BCUT2D eigenvalue weighted by Gasteiger charge is 2.01. The standard InChI is InChI=1S/C14H13NO2S/c1-17-11-7-6-10(13(16)8-11)9-15-12-4-2-3-5-14(12)18/h2-9,16,18H,1H3. The first kappa shape index (κ1) is 12.5. The Hall–Kier alpha value is -1.94. The minimum atomic E-state index is 0.134. The Morgan fingerprint density at radius 1 is 1.22 bits per heavy atom. The van der Waals surface area contributed by atoms with Crippen molar-refractivity contribution in [3.05, 3.63) is 48.0 Å². The molecule has 3 nitrogen and oxygen atoms in total. The molecular formula is C14H13NO2S. The number of benzene rings is 2. The average molecular weight is 259 g/mol. The summed E-state index contributed by atoms with van der Waals surface area (Å²) in [7, 11) is 1.56. The van der Waals surface area contributed by atoms with Gasteiger partial charge in [-0.05, 0) is 24.3 Å². The second kappa shape index (κ2) is 5.60. The predicted octanol–water partition coefficient (Wildman–Crippen LogP) is 3.44. The molecule has 2 aromatic carbocycles. The van der Waals surface area contributed by atoms with E-state index >= 15 is 0 Å². The molecule has 1 N–H and O–H groups in total. The second-order valence-electron chi connectivity index (χ2n) is 3.67. The maximum absolute atomic E-state index is 9.78. The van der Waals surface area contributed by atoms with Crippen LogP contribution in [0.5, 0.6) is 11.5 Å². The van der Waals surface area contributed by atoms with Crippen molar-refractivity contribution in [1.82, 2.24) is 0 Å². The highest BCUT2D eigenvalue weighted by molar-refractivity contribution is 7.80. The molecule has 92 valence electrons. The predicted molar refractivity (Wildman–Crippen MR) is 75.6 cm³/mol. The van der Waals surface area contributed by atoms with Gasteiger partial charge in [-0.1, -0.05) is 12.1 Å². The first-order valence-electron chi connectivity index (χ1n) is 5.40. The van der Waals surface area contributed by atoms with E-state index in [4.69, 9.17) is 4.74 Å². The van der Waals surface area contributed by atoms with Crippen LogP contribution < -0.4 is 4.74 Å². The first-order valence-corrected chi connectivity index (χ1v) is 5.84. The van der Waals surface area contributed by atoms with Gasteiger partial charge in [-0.2, -0.15) is 0 Å². The quantitative estimate of drug-likeness (QED) is 0.655. The molecule has 18 heavy (non-hydrogen) atoms. The number of aromatic hydroxyl groups is 1. The molecule has 0 atom stereocenters. The molecule has 0 bridgehead atoms. The Labute approximate surface area is 111 Å². The summed E-state index contributed by atoms with van der Waals surface area (Å²) in [6.07, 6.45) is 1.60. The van der Waals surface area contributed by atoms with E-state index in [0.717, 1.165) is 10.6 Å². The van der Waals surface area contributed by atoms with Crippen LogP contribution in [0.25, 0.3) is 0 Å². The van der Waals surface area contributed by atoms with Gasteiger partial charge in [-0.15, -0.1) is 12.6 Å². The van der Waals surface area contributed by atoms with E-state index in [-0.39, 0.29) is 5.75 Å². The van der Waals surface area contributed by atoms with Crippen LogP contribution in [0.15, 0.2) is 52.4 Å². The highest BCUT2D eigenvalue weighted by atomic mass is 32.1. The summed E-state index contributed by atoms with van der Waals surface area (Å²) in [5.74, 6) is 0.744. The van der Waals surface area contributed by atoms with Gasteiger partial charge in [0.05, 0.1) is 12.8 Å². The molecule has 0 heterocycles. The molecule has 0 aliphatic heterocycles. The zero-order valence-electron chi connectivity index (χ0n) is 9.87. The van der Waals surface area contributed by atoms with Gasteiger partial charge in [0.2, 0.25) is 0 Å². The third-order valence-corrected chi connectivity index (χ3v) is 2.84. The minimum Gasteiger partial charge on any atom is -0.507 e. The Morgan fingerprint density at radius 2 is 2.00 bits per heavy atom. The topological polar surface area (TPSA) is 41.8 Å². The number of phenols is 1. The lowest BCUT2D eigenvalue weighted by atomic mass is 10.2. The lowest BCUT2D eigenvalue weighted by Crippen LogP contribution is -1.86. The molecule has 2 rings (SSSR count). The van der Waals surface area contributed by atoms with Gasteiger partial charge in [0, 0.05) is 22.7 Å². The van der Waals surface area contributed by atoms with Gasteiger partial charge >= 0.3 is 0 Å². The van der Waals surface area contributed by atoms with E-state index in [2.05, 4.69) is 17.6 Å². The molecule has 2 aromatic rings. The molecule has 0 radical (unpaired) electrons. The number of rotatable bonds is 3. The Balaban J connectivity index is 2.27. The van der Waals surface area contributed by atoms with E-state index in [1.54, 1.807) is 31.5 Å². The van der Waals surface area contributed by atoms with Crippen LogP contribution in [-0.4, -0.2) is 18.4 Å². The second-order valence-corrected chi connectivity index (χ2v) is 4.15.